The lowest BCUT2D eigenvalue weighted by Gasteiger charge is -2.10. The number of esters is 1. The van der Waals surface area contributed by atoms with E-state index in [-0.39, 0.29) is 17.3 Å². The molecule has 2 rings (SSSR count). The van der Waals surface area contributed by atoms with Crippen LogP contribution < -0.4 is 11.1 Å². The van der Waals surface area contributed by atoms with Crippen LogP contribution in [0.3, 0.4) is 0 Å². The summed E-state index contributed by atoms with van der Waals surface area (Å²) in [5, 5.41) is 2.69. The number of nitrogens with zero attached hydrogens (tertiary/aromatic N) is 2. The minimum atomic E-state index is -0.672. The maximum atomic E-state index is 13.5. The van der Waals surface area contributed by atoms with Crippen LogP contribution in [-0.4, -0.2) is 23.0 Å². The average molecular weight is 262 g/mol. The van der Waals surface area contributed by atoms with Gasteiger partial charge in [-0.05, 0) is 12.1 Å². The van der Waals surface area contributed by atoms with Crippen molar-refractivity contribution >= 4 is 23.4 Å². The molecule has 0 amide bonds. The van der Waals surface area contributed by atoms with Crippen LogP contribution in [0.2, 0.25) is 0 Å². The lowest BCUT2D eigenvalue weighted by atomic mass is 10.2. The molecular formula is C12H11FN4O2. The maximum Gasteiger partial charge on any atom is 0.339 e. The van der Waals surface area contributed by atoms with Crippen molar-refractivity contribution in [1.82, 2.24) is 9.97 Å². The topological polar surface area (TPSA) is 90.1 Å². The molecule has 0 aliphatic heterocycles. The van der Waals surface area contributed by atoms with Crippen LogP contribution in [0, 0.1) is 5.82 Å². The van der Waals surface area contributed by atoms with Crippen LogP contribution in [0.15, 0.2) is 30.5 Å². The number of rotatable bonds is 3. The molecule has 19 heavy (non-hydrogen) atoms. The molecule has 0 radical (unpaired) electrons. The molecule has 1 aromatic heterocycles. The van der Waals surface area contributed by atoms with Gasteiger partial charge < -0.3 is 15.8 Å². The Morgan fingerprint density at radius 3 is 2.89 bits per heavy atom. The molecule has 98 valence electrons. The maximum absolute atomic E-state index is 13.5. The number of nitrogens with two attached hydrogens (primary N) is 1. The van der Waals surface area contributed by atoms with Crippen molar-refractivity contribution in [3.63, 3.8) is 0 Å². The number of aromatic nitrogens is 2. The highest BCUT2D eigenvalue weighted by molar-refractivity contribution is 5.96. The summed E-state index contributed by atoms with van der Waals surface area (Å²) in [4.78, 5) is 18.8. The van der Waals surface area contributed by atoms with Crippen molar-refractivity contribution < 1.29 is 13.9 Å². The molecule has 0 bridgehead atoms. The van der Waals surface area contributed by atoms with Gasteiger partial charge in [-0.1, -0.05) is 12.1 Å². The molecule has 2 aromatic rings. The molecule has 0 atom stereocenters. The third kappa shape index (κ3) is 2.76. The zero-order chi connectivity index (χ0) is 13.8. The molecule has 0 aliphatic carbocycles. The summed E-state index contributed by atoms with van der Waals surface area (Å²) in [7, 11) is 1.27. The van der Waals surface area contributed by atoms with E-state index in [0.29, 0.717) is 5.69 Å². The molecule has 1 heterocycles. The van der Waals surface area contributed by atoms with Crippen LogP contribution in [0.25, 0.3) is 0 Å². The average Bonchev–Trinajstić information content (AvgIpc) is 2.42. The number of methoxy groups -OCH3 is 1. The van der Waals surface area contributed by atoms with Gasteiger partial charge in [-0.15, -0.1) is 0 Å². The standard InChI is InChI=1S/C12H11FN4O2/c1-19-11(18)7-4-2-3-5-9(7)16-10-8(13)6-15-12(14)17-10/h2-6H,1H3,(H3,14,15,16,17). The number of para-hydroxylation sites is 1. The smallest absolute Gasteiger partial charge is 0.339 e. The number of hydrogen-bond acceptors (Lipinski definition) is 6. The van der Waals surface area contributed by atoms with Crippen LogP contribution in [0.4, 0.5) is 21.8 Å². The third-order valence-electron chi connectivity index (χ3n) is 2.35. The molecular weight excluding hydrogens is 251 g/mol. The first-order valence-electron chi connectivity index (χ1n) is 5.34. The predicted octanol–water partition coefficient (Wildman–Crippen LogP) is 1.73. The molecule has 0 aliphatic rings. The summed E-state index contributed by atoms with van der Waals surface area (Å²) in [6.45, 7) is 0. The first-order chi connectivity index (χ1) is 9.11. The van der Waals surface area contributed by atoms with E-state index in [1.165, 1.54) is 7.11 Å². The van der Waals surface area contributed by atoms with E-state index >= 15 is 0 Å². The van der Waals surface area contributed by atoms with Gasteiger partial charge in [0.2, 0.25) is 5.95 Å². The van der Waals surface area contributed by atoms with Gasteiger partial charge >= 0.3 is 5.97 Å². The van der Waals surface area contributed by atoms with Crippen molar-refractivity contribution in [2.75, 3.05) is 18.2 Å². The zero-order valence-electron chi connectivity index (χ0n) is 10.1. The zero-order valence-corrected chi connectivity index (χ0v) is 10.1. The quantitative estimate of drug-likeness (QED) is 0.819. The molecule has 0 spiro atoms. The Labute approximate surface area is 108 Å². The fraction of sp³-hybridized carbons (Fsp3) is 0.0833. The van der Waals surface area contributed by atoms with E-state index < -0.39 is 11.8 Å². The lowest BCUT2D eigenvalue weighted by molar-refractivity contribution is 0.0602. The Kier molecular flexibility index (Phi) is 3.56. The van der Waals surface area contributed by atoms with Crippen LogP contribution in [0.1, 0.15) is 10.4 Å². The van der Waals surface area contributed by atoms with Crippen molar-refractivity contribution in [1.29, 1.82) is 0 Å². The summed E-state index contributed by atoms with van der Waals surface area (Å²) in [5.74, 6) is -1.39. The van der Waals surface area contributed by atoms with E-state index in [0.717, 1.165) is 6.20 Å². The number of nitrogens with one attached hydrogen (secondary N) is 1. The molecule has 0 unspecified atom stereocenters. The number of ether oxygens (including phenoxy) is 1. The fourth-order valence-corrected chi connectivity index (χ4v) is 1.48. The third-order valence-corrected chi connectivity index (χ3v) is 2.35. The summed E-state index contributed by atoms with van der Waals surface area (Å²) >= 11 is 0. The number of benzene rings is 1. The van der Waals surface area contributed by atoms with Crippen molar-refractivity contribution in [2.45, 2.75) is 0 Å². The van der Waals surface area contributed by atoms with Gasteiger partial charge in [0, 0.05) is 0 Å². The molecule has 7 heteroatoms. The number of anilines is 3. The van der Waals surface area contributed by atoms with Crippen molar-refractivity contribution in [3.05, 3.63) is 41.8 Å². The summed E-state index contributed by atoms with van der Waals surface area (Å²) in [5.41, 5.74) is 6.02. The highest BCUT2D eigenvalue weighted by Crippen LogP contribution is 2.22. The van der Waals surface area contributed by atoms with Gasteiger partial charge in [-0.3, -0.25) is 0 Å². The summed E-state index contributed by atoms with van der Waals surface area (Å²) in [6.07, 6.45) is 0.950. The number of carbonyl (C=O) groups is 1. The normalized spacial score (nSPS) is 10.0. The van der Waals surface area contributed by atoms with Crippen molar-refractivity contribution in [2.24, 2.45) is 0 Å². The van der Waals surface area contributed by atoms with E-state index in [1.807, 2.05) is 0 Å². The van der Waals surface area contributed by atoms with Gasteiger partial charge in [-0.2, -0.15) is 4.98 Å². The molecule has 6 nitrogen and oxygen atoms in total. The number of carbonyl (C=O) groups excluding carboxylic acids is 1. The summed E-state index contributed by atoms with van der Waals surface area (Å²) < 4.78 is 18.1. The SMILES string of the molecule is COC(=O)c1ccccc1Nc1nc(N)ncc1F. The van der Waals surface area contributed by atoms with Crippen LogP contribution >= 0.6 is 0 Å². The Morgan fingerprint density at radius 2 is 2.16 bits per heavy atom. The lowest BCUT2D eigenvalue weighted by Crippen LogP contribution is -2.08. The monoisotopic (exact) mass is 262 g/mol. The Morgan fingerprint density at radius 1 is 1.42 bits per heavy atom. The number of nitrogen functional groups attached to an aromatic ring is 1. The number of halogens is 1. The van der Waals surface area contributed by atoms with E-state index in [1.54, 1.807) is 24.3 Å². The van der Waals surface area contributed by atoms with Crippen LogP contribution in [-0.2, 0) is 4.74 Å². The first-order valence-corrected chi connectivity index (χ1v) is 5.34. The largest absolute Gasteiger partial charge is 0.465 e. The highest BCUT2D eigenvalue weighted by atomic mass is 19.1. The van der Waals surface area contributed by atoms with Gasteiger partial charge in [0.1, 0.15) is 0 Å². The molecule has 3 N–H and O–H groups in total. The van der Waals surface area contributed by atoms with Gasteiger partial charge in [0.05, 0.1) is 24.6 Å². The molecule has 1 aromatic carbocycles. The predicted molar refractivity (Wildman–Crippen MR) is 67.5 cm³/mol. The van der Waals surface area contributed by atoms with Crippen LogP contribution in [0.5, 0.6) is 0 Å². The fourth-order valence-electron chi connectivity index (χ4n) is 1.48. The van der Waals surface area contributed by atoms with Crippen molar-refractivity contribution in [3.8, 4) is 0 Å². The number of hydrogen-bond donors (Lipinski definition) is 2. The second-order valence-electron chi connectivity index (χ2n) is 3.59. The minimum absolute atomic E-state index is 0.0700. The van der Waals surface area contributed by atoms with E-state index in [2.05, 4.69) is 20.0 Å². The van der Waals surface area contributed by atoms with E-state index in [9.17, 15) is 9.18 Å². The van der Waals surface area contributed by atoms with Gasteiger partial charge in [0.25, 0.3) is 0 Å². The molecule has 0 fully saturated rings. The summed E-state index contributed by atoms with van der Waals surface area (Å²) in [6, 6.07) is 6.51. The Hall–Kier alpha value is -2.70. The Balaban J connectivity index is 2.38. The molecule has 0 saturated heterocycles. The Bertz CT molecular complexity index is 618. The minimum Gasteiger partial charge on any atom is -0.465 e. The van der Waals surface area contributed by atoms with Gasteiger partial charge in [-0.25, -0.2) is 14.2 Å². The second-order valence-corrected chi connectivity index (χ2v) is 3.59. The first kappa shape index (κ1) is 12.7. The van der Waals surface area contributed by atoms with E-state index in [4.69, 9.17) is 5.73 Å². The second kappa shape index (κ2) is 5.30. The van der Waals surface area contributed by atoms with Gasteiger partial charge in [0.15, 0.2) is 11.6 Å². The molecule has 0 saturated carbocycles. The highest BCUT2D eigenvalue weighted by Gasteiger charge is 2.13.